The summed E-state index contributed by atoms with van der Waals surface area (Å²) in [7, 11) is -3.63. The maximum Gasteiger partial charge on any atom is 0.262 e. The SMILES string of the molecule is NCc1cc(S(=O)(=O)Nc2ccc(Cl)c(Cl)c2)cs1. The van der Waals surface area contributed by atoms with Gasteiger partial charge in [0.1, 0.15) is 0 Å². The Hall–Kier alpha value is -0.790. The monoisotopic (exact) mass is 336 g/mol. The summed E-state index contributed by atoms with van der Waals surface area (Å²) in [4.78, 5) is 0.985. The van der Waals surface area contributed by atoms with Crippen LogP contribution in [-0.2, 0) is 16.6 Å². The van der Waals surface area contributed by atoms with Crippen LogP contribution in [0.4, 0.5) is 5.69 Å². The summed E-state index contributed by atoms with van der Waals surface area (Å²) in [6, 6.07) is 6.07. The number of nitrogens with one attached hydrogen (secondary N) is 1. The molecule has 0 unspecified atom stereocenters. The fraction of sp³-hybridized carbons (Fsp3) is 0.0909. The first-order chi connectivity index (χ1) is 8.92. The fourth-order valence-electron chi connectivity index (χ4n) is 1.38. The molecule has 2 aromatic rings. The van der Waals surface area contributed by atoms with Crippen molar-refractivity contribution in [1.29, 1.82) is 0 Å². The van der Waals surface area contributed by atoms with Crippen molar-refractivity contribution in [3.63, 3.8) is 0 Å². The standard InChI is InChI=1S/C11H10Cl2N2O2S2/c12-10-2-1-7(3-11(10)13)15-19(16,17)9-4-8(5-14)18-6-9/h1-4,6,15H,5,14H2. The van der Waals surface area contributed by atoms with Crippen LogP contribution in [0, 0.1) is 0 Å². The maximum absolute atomic E-state index is 12.1. The van der Waals surface area contributed by atoms with Crippen molar-refractivity contribution >= 4 is 50.2 Å². The van der Waals surface area contributed by atoms with Gasteiger partial charge in [0.15, 0.2) is 0 Å². The predicted octanol–water partition coefficient (Wildman–Crippen LogP) is 3.31. The van der Waals surface area contributed by atoms with Gasteiger partial charge in [0, 0.05) is 16.8 Å². The largest absolute Gasteiger partial charge is 0.326 e. The van der Waals surface area contributed by atoms with E-state index in [4.69, 9.17) is 28.9 Å². The molecule has 3 N–H and O–H groups in total. The lowest BCUT2D eigenvalue weighted by Crippen LogP contribution is -2.12. The molecule has 4 nitrogen and oxygen atoms in total. The van der Waals surface area contributed by atoms with E-state index in [0.29, 0.717) is 17.3 Å². The number of anilines is 1. The predicted molar refractivity (Wildman–Crippen MR) is 79.5 cm³/mol. The molecular formula is C11H10Cl2N2O2S2. The third-order valence-corrected chi connectivity index (χ3v) is 5.52. The Morgan fingerprint density at radius 2 is 1.95 bits per heavy atom. The summed E-state index contributed by atoms with van der Waals surface area (Å²) in [6.45, 7) is 0.312. The molecule has 0 aliphatic heterocycles. The van der Waals surface area contributed by atoms with Gasteiger partial charge in [0.25, 0.3) is 10.0 Å². The summed E-state index contributed by atoms with van der Waals surface area (Å²) in [5, 5.41) is 2.20. The van der Waals surface area contributed by atoms with E-state index < -0.39 is 10.0 Å². The van der Waals surface area contributed by atoms with Crippen molar-refractivity contribution in [3.05, 3.63) is 44.6 Å². The molecule has 0 saturated heterocycles. The van der Waals surface area contributed by atoms with Gasteiger partial charge in [-0.15, -0.1) is 11.3 Å². The molecular weight excluding hydrogens is 327 g/mol. The number of benzene rings is 1. The van der Waals surface area contributed by atoms with E-state index in [2.05, 4.69) is 4.72 Å². The molecule has 19 heavy (non-hydrogen) atoms. The van der Waals surface area contributed by atoms with E-state index >= 15 is 0 Å². The zero-order valence-corrected chi connectivity index (χ0v) is 12.7. The van der Waals surface area contributed by atoms with E-state index in [-0.39, 0.29) is 9.92 Å². The summed E-state index contributed by atoms with van der Waals surface area (Å²) >= 11 is 12.9. The lowest BCUT2D eigenvalue weighted by molar-refractivity contribution is 0.601. The molecule has 0 atom stereocenters. The zero-order valence-electron chi connectivity index (χ0n) is 9.56. The van der Waals surface area contributed by atoms with E-state index in [1.165, 1.54) is 23.5 Å². The summed E-state index contributed by atoms with van der Waals surface area (Å²) in [6.07, 6.45) is 0. The molecule has 8 heteroatoms. The van der Waals surface area contributed by atoms with Crippen LogP contribution in [0.2, 0.25) is 10.0 Å². The highest BCUT2D eigenvalue weighted by Gasteiger charge is 2.16. The van der Waals surface area contributed by atoms with Crippen LogP contribution in [0.3, 0.4) is 0 Å². The van der Waals surface area contributed by atoms with Gasteiger partial charge in [-0.25, -0.2) is 8.42 Å². The second-order valence-corrected chi connectivity index (χ2v) is 7.18. The molecule has 0 spiro atoms. The molecule has 0 saturated carbocycles. The van der Waals surface area contributed by atoms with Crippen molar-refractivity contribution < 1.29 is 8.42 Å². The summed E-state index contributed by atoms with van der Waals surface area (Å²) in [5.74, 6) is 0. The van der Waals surface area contributed by atoms with Crippen molar-refractivity contribution in [2.24, 2.45) is 5.73 Å². The number of hydrogen-bond acceptors (Lipinski definition) is 4. The molecule has 0 aliphatic rings. The Kier molecular flexibility index (Phi) is 4.37. The number of hydrogen-bond donors (Lipinski definition) is 2. The van der Waals surface area contributed by atoms with Gasteiger partial charge >= 0.3 is 0 Å². The van der Waals surface area contributed by atoms with Crippen molar-refractivity contribution in [2.45, 2.75) is 11.4 Å². The molecule has 0 aliphatic carbocycles. The second kappa shape index (κ2) is 5.68. The van der Waals surface area contributed by atoms with Crippen molar-refractivity contribution in [1.82, 2.24) is 0 Å². The molecule has 2 rings (SSSR count). The third kappa shape index (κ3) is 3.40. The van der Waals surface area contributed by atoms with Crippen molar-refractivity contribution in [2.75, 3.05) is 4.72 Å². The topological polar surface area (TPSA) is 72.2 Å². The third-order valence-electron chi connectivity index (χ3n) is 2.31. The van der Waals surface area contributed by atoms with Gasteiger partial charge < -0.3 is 5.73 Å². The first-order valence-electron chi connectivity index (χ1n) is 5.18. The van der Waals surface area contributed by atoms with Gasteiger partial charge in [0.2, 0.25) is 0 Å². The molecule has 0 amide bonds. The normalized spacial score (nSPS) is 11.5. The van der Waals surface area contributed by atoms with Crippen LogP contribution in [0.15, 0.2) is 34.5 Å². The number of thiophene rings is 1. The van der Waals surface area contributed by atoms with E-state index in [1.54, 1.807) is 17.5 Å². The highest BCUT2D eigenvalue weighted by molar-refractivity contribution is 7.92. The first-order valence-corrected chi connectivity index (χ1v) is 8.29. The molecule has 1 aromatic carbocycles. The Morgan fingerprint density at radius 3 is 2.53 bits per heavy atom. The van der Waals surface area contributed by atoms with E-state index in [0.717, 1.165) is 4.88 Å². The fourth-order valence-corrected chi connectivity index (χ4v) is 3.89. The highest BCUT2D eigenvalue weighted by atomic mass is 35.5. The van der Waals surface area contributed by atoms with Crippen LogP contribution in [0.1, 0.15) is 4.88 Å². The van der Waals surface area contributed by atoms with Gasteiger partial charge in [0.05, 0.1) is 20.6 Å². The zero-order chi connectivity index (χ0) is 14.0. The average molecular weight is 337 g/mol. The van der Waals surface area contributed by atoms with Gasteiger partial charge in [-0.3, -0.25) is 4.72 Å². The van der Waals surface area contributed by atoms with Gasteiger partial charge in [-0.2, -0.15) is 0 Å². The smallest absolute Gasteiger partial charge is 0.262 e. The van der Waals surface area contributed by atoms with E-state index in [9.17, 15) is 8.42 Å². The van der Waals surface area contributed by atoms with Crippen LogP contribution in [0.25, 0.3) is 0 Å². The number of sulfonamides is 1. The Balaban J connectivity index is 2.28. The summed E-state index contributed by atoms with van der Waals surface area (Å²) in [5.41, 5.74) is 5.81. The lowest BCUT2D eigenvalue weighted by Gasteiger charge is -2.07. The molecule has 0 radical (unpaired) electrons. The maximum atomic E-state index is 12.1. The average Bonchev–Trinajstić information content (AvgIpc) is 2.83. The minimum Gasteiger partial charge on any atom is -0.326 e. The Labute approximate surface area is 125 Å². The van der Waals surface area contributed by atoms with Crippen LogP contribution in [-0.4, -0.2) is 8.42 Å². The first kappa shape index (κ1) is 14.6. The minimum atomic E-state index is -3.63. The van der Waals surface area contributed by atoms with Crippen LogP contribution in [0.5, 0.6) is 0 Å². The number of nitrogens with two attached hydrogens (primary N) is 1. The van der Waals surface area contributed by atoms with E-state index in [1.807, 2.05) is 0 Å². The van der Waals surface area contributed by atoms with Crippen LogP contribution >= 0.6 is 34.5 Å². The quantitative estimate of drug-likeness (QED) is 0.899. The molecule has 0 bridgehead atoms. The Bertz CT molecular complexity index is 698. The highest BCUT2D eigenvalue weighted by Crippen LogP contribution is 2.27. The number of rotatable bonds is 4. The van der Waals surface area contributed by atoms with Gasteiger partial charge in [-0.1, -0.05) is 23.2 Å². The Morgan fingerprint density at radius 1 is 1.21 bits per heavy atom. The molecule has 0 fully saturated rings. The number of halogens is 2. The second-order valence-electron chi connectivity index (χ2n) is 3.69. The van der Waals surface area contributed by atoms with Crippen molar-refractivity contribution in [3.8, 4) is 0 Å². The minimum absolute atomic E-state index is 0.184. The van der Waals surface area contributed by atoms with Gasteiger partial charge in [-0.05, 0) is 24.3 Å². The molecule has 1 aromatic heterocycles. The lowest BCUT2D eigenvalue weighted by atomic mass is 10.3. The molecule has 1 heterocycles. The summed E-state index contributed by atoms with van der Waals surface area (Å²) < 4.78 is 26.6. The molecule has 102 valence electrons. The van der Waals surface area contributed by atoms with Crippen LogP contribution < -0.4 is 10.5 Å².